The number of likely N-dealkylation sites (tertiary alicyclic amines) is 2. The molecule has 124 valence electrons. The lowest BCUT2D eigenvalue weighted by Gasteiger charge is -2.32. The van der Waals surface area contributed by atoms with Crippen LogP contribution in [0.1, 0.15) is 37.3 Å². The summed E-state index contributed by atoms with van der Waals surface area (Å²) in [5.41, 5.74) is 1.58. The largest absolute Gasteiger partial charge is 0.356 e. The van der Waals surface area contributed by atoms with E-state index in [4.69, 9.17) is 4.52 Å². The third kappa shape index (κ3) is 3.26. The number of hydrogen-bond donors (Lipinski definition) is 0. The van der Waals surface area contributed by atoms with Gasteiger partial charge in [0.25, 0.3) is 0 Å². The van der Waals surface area contributed by atoms with Crippen molar-refractivity contribution in [3.05, 3.63) is 29.7 Å². The van der Waals surface area contributed by atoms with Gasteiger partial charge in [0.1, 0.15) is 5.82 Å². The molecule has 0 atom stereocenters. The zero-order chi connectivity index (χ0) is 15.6. The van der Waals surface area contributed by atoms with Gasteiger partial charge in [-0.25, -0.2) is 4.39 Å². The highest BCUT2D eigenvalue weighted by Gasteiger charge is 2.25. The fourth-order valence-corrected chi connectivity index (χ4v) is 3.94. The van der Waals surface area contributed by atoms with Crippen molar-refractivity contribution in [2.75, 3.05) is 39.3 Å². The van der Waals surface area contributed by atoms with Crippen LogP contribution in [0.25, 0.3) is 11.0 Å². The monoisotopic (exact) mass is 317 g/mol. The first-order valence-electron chi connectivity index (χ1n) is 8.79. The molecule has 0 spiro atoms. The number of fused-ring (bicyclic) bond motifs is 1. The molecule has 4 rings (SSSR count). The maximum atomic E-state index is 13.3. The van der Waals surface area contributed by atoms with E-state index in [9.17, 15) is 4.39 Å². The third-order valence-electron chi connectivity index (χ3n) is 5.37. The van der Waals surface area contributed by atoms with Gasteiger partial charge in [0, 0.05) is 30.5 Å². The average Bonchev–Trinajstić information content (AvgIpc) is 3.22. The van der Waals surface area contributed by atoms with Crippen molar-refractivity contribution < 1.29 is 8.91 Å². The van der Waals surface area contributed by atoms with Crippen LogP contribution in [0.15, 0.2) is 22.7 Å². The van der Waals surface area contributed by atoms with Crippen molar-refractivity contribution in [3.63, 3.8) is 0 Å². The Kier molecular flexibility index (Phi) is 4.31. The van der Waals surface area contributed by atoms with Crippen molar-refractivity contribution in [3.8, 4) is 0 Å². The van der Waals surface area contributed by atoms with E-state index in [2.05, 4.69) is 15.0 Å². The first-order valence-corrected chi connectivity index (χ1v) is 8.79. The molecule has 2 aliphatic rings. The fourth-order valence-electron chi connectivity index (χ4n) is 3.94. The van der Waals surface area contributed by atoms with E-state index < -0.39 is 0 Å². The quantitative estimate of drug-likeness (QED) is 0.866. The smallest absolute Gasteiger partial charge is 0.170 e. The number of halogens is 1. The highest BCUT2D eigenvalue weighted by Crippen LogP contribution is 2.32. The van der Waals surface area contributed by atoms with Crippen LogP contribution in [0.4, 0.5) is 4.39 Å². The Labute approximate surface area is 136 Å². The van der Waals surface area contributed by atoms with E-state index >= 15 is 0 Å². The Balaban J connectivity index is 1.35. The molecule has 2 saturated heterocycles. The van der Waals surface area contributed by atoms with Crippen molar-refractivity contribution >= 4 is 11.0 Å². The topological polar surface area (TPSA) is 32.5 Å². The van der Waals surface area contributed by atoms with Gasteiger partial charge in [0.2, 0.25) is 0 Å². The Hall–Kier alpha value is -1.46. The van der Waals surface area contributed by atoms with E-state index in [1.54, 1.807) is 6.07 Å². The van der Waals surface area contributed by atoms with Gasteiger partial charge in [-0.05, 0) is 64.0 Å². The number of rotatable bonds is 4. The average molecular weight is 317 g/mol. The Morgan fingerprint density at radius 3 is 2.48 bits per heavy atom. The molecule has 3 heterocycles. The molecular weight excluding hydrogens is 293 g/mol. The summed E-state index contributed by atoms with van der Waals surface area (Å²) in [5.74, 6) is 0.168. The van der Waals surface area contributed by atoms with Crippen LogP contribution >= 0.6 is 0 Å². The van der Waals surface area contributed by atoms with Crippen LogP contribution in [0.3, 0.4) is 0 Å². The van der Waals surface area contributed by atoms with Gasteiger partial charge in [0.15, 0.2) is 5.58 Å². The minimum Gasteiger partial charge on any atom is -0.356 e. The normalized spacial score (nSPS) is 21.4. The predicted octanol–water partition coefficient (Wildman–Crippen LogP) is 3.24. The number of nitrogens with zero attached hydrogens (tertiary/aromatic N) is 3. The van der Waals surface area contributed by atoms with Crippen molar-refractivity contribution in [1.29, 1.82) is 0 Å². The summed E-state index contributed by atoms with van der Waals surface area (Å²) in [6, 6.07) is 4.72. The number of aromatic nitrogens is 1. The zero-order valence-corrected chi connectivity index (χ0v) is 13.5. The molecular formula is C18H24FN3O. The van der Waals surface area contributed by atoms with Crippen LogP contribution < -0.4 is 0 Å². The molecule has 0 N–H and O–H groups in total. The molecule has 0 unspecified atom stereocenters. The second kappa shape index (κ2) is 6.57. The van der Waals surface area contributed by atoms with Crippen LogP contribution in [0.2, 0.25) is 0 Å². The van der Waals surface area contributed by atoms with Gasteiger partial charge >= 0.3 is 0 Å². The van der Waals surface area contributed by atoms with Crippen LogP contribution in [0, 0.1) is 5.82 Å². The summed E-state index contributed by atoms with van der Waals surface area (Å²) in [6.07, 6.45) is 4.95. The molecule has 0 radical (unpaired) electrons. The summed E-state index contributed by atoms with van der Waals surface area (Å²) >= 11 is 0. The van der Waals surface area contributed by atoms with Crippen molar-refractivity contribution in [2.45, 2.75) is 31.6 Å². The highest BCUT2D eigenvalue weighted by atomic mass is 19.1. The van der Waals surface area contributed by atoms with Gasteiger partial charge < -0.3 is 14.3 Å². The van der Waals surface area contributed by atoms with Gasteiger partial charge in [-0.1, -0.05) is 5.16 Å². The molecule has 1 aromatic carbocycles. The molecule has 0 amide bonds. The lowest BCUT2D eigenvalue weighted by atomic mass is 9.91. The first kappa shape index (κ1) is 15.1. The maximum Gasteiger partial charge on any atom is 0.170 e. The maximum absolute atomic E-state index is 13.3. The summed E-state index contributed by atoms with van der Waals surface area (Å²) in [5, 5.41) is 5.20. The second-order valence-electron chi connectivity index (χ2n) is 6.87. The molecule has 5 heteroatoms. The third-order valence-corrected chi connectivity index (χ3v) is 5.37. The van der Waals surface area contributed by atoms with Crippen LogP contribution in [-0.2, 0) is 0 Å². The van der Waals surface area contributed by atoms with E-state index in [-0.39, 0.29) is 5.82 Å². The predicted molar refractivity (Wildman–Crippen MR) is 88.1 cm³/mol. The molecule has 0 saturated carbocycles. The summed E-state index contributed by atoms with van der Waals surface area (Å²) < 4.78 is 18.6. The van der Waals surface area contributed by atoms with Crippen molar-refractivity contribution in [2.24, 2.45) is 0 Å². The molecule has 23 heavy (non-hydrogen) atoms. The van der Waals surface area contributed by atoms with E-state index in [1.807, 2.05) is 0 Å². The molecule has 2 aliphatic heterocycles. The highest BCUT2D eigenvalue weighted by molar-refractivity contribution is 5.79. The van der Waals surface area contributed by atoms with Gasteiger partial charge in [-0.15, -0.1) is 0 Å². The fraction of sp³-hybridized carbons (Fsp3) is 0.611. The number of hydrogen-bond acceptors (Lipinski definition) is 4. The molecule has 2 aromatic rings. The van der Waals surface area contributed by atoms with Crippen LogP contribution in [-0.4, -0.2) is 54.2 Å². The van der Waals surface area contributed by atoms with Crippen LogP contribution in [0.5, 0.6) is 0 Å². The molecule has 4 nitrogen and oxygen atoms in total. The van der Waals surface area contributed by atoms with Gasteiger partial charge in [0.05, 0.1) is 5.69 Å². The lowest BCUT2D eigenvalue weighted by molar-refractivity contribution is 0.183. The summed E-state index contributed by atoms with van der Waals surface area (Å²) in [4.78, 5) is 5.14. The lowest BCUT2D eigenvalue weighted by Crippen LogP contribution is -2.38. The molecule has 2 fully saturated rings. The number of piperidine rings is 1. The Morgan fingerprint density at radius 2 is 1.74 bits per heavy atom. The van der Waals surface area contributed by atoms with E-state index in [0.29, 0.717) is 11.5 Å². The minimum absolute atomic E-state index is 0.267. The second-order valence-corrected chi connectivity index (χ2v) is 6.87. The molecule has 0 aliphatic carbocycles. The summed E-state index contributed by atoms with van der Waals surface area (Å²) in [6.45, 7) is 7.17. The Morgan fingerprint density at radius 1 is 1.04 bits per heavy atom. The zero-order valence-electron chi connectivity index (χ0n) is 13.5. The number of benzene rings is 1. The van der Waals surface area contributed by atoms with Gasteiger partial charge in [-0.3, -0.25) is 0 Å². The molecule has 1 aromatic heterocycles. The molecule has 0 bridgehead atoms. The SMILES string of the molecule is Fc1ccc2c(C3CCN(CCN4CCCC4)CC3)noc2c1. The van der Waals surface area contributed by atoms with E-state index in [0.717, 1.165) is 37.0 Å². The standard InChI is InChI=1S/C18H24FN3O/c19-15-3-4-16-17(13-15)23-20-18(16)14-5-9-22(10-6-14)12-11-21-7-1-2-8-21/h3-4,13-14H,1-2,5-12H2. The Bertz CT molecular complexity index is 657. The minimum atomic E-state index is -0.267. The van der Waals surface area contributed by atoms with Crippen molar-refractivity contribution in [1.82, 2.24) is 15.0 Å². The van der Waals surface area contributed by atoms with E-state index in [1.165, 1.54) is 51.2 Å². The van der Waals surface area contributed by atoms with Gasteiger partial charge in [-0.2, -0.15) is 0 Å². The summed E-state index contributed by atoms with van der Waals surface area (Å²) in [7, 11) is 0. The first-order chi connectivity index (χ1) is 11.3.